The SMILES string of the molecule is CC(C)N(CC(=O)N(Cc1cccn1Cc1ccccc1)C1CCCCC1)C(=O)c1cccc(F)c1. The predicted molar refractivity (Wildman–Crippen MR) is 140 cm³/mol. The Labute approximate surface area is 213 Å². The van der Waals surface area contributed by atoms with Gasteiger partial charge >= 0.3 is 0 Å². The zero-order chi connectivity index (χ0) is 25.5. The van der Waals surface area contributed by atoms with Crippen molar-refractivity contribution in [2.24, 2.45) is 0 Å². The number of nitrogens with zero attached hydrogens (tertiary/aromatic N) is 3. The molecule has 4 rings (SSSR count). The Morgan fingerprint density at radius 1 is 0.972 bits per heavy atom. The van der Waals surface area contributed by atoms with Crippen molar-refractivity contribution < 1.29 is 14.0 Å². The highest BCUT2D eigenvalue weighted by atomic mass is 19.1. The van der Waals surface area contributed by atoms with Gasteiger partial charge in [0.25, 0.3) is 5.91 Å². The zero-order valence-electron chi connectivity index (χ0n) is 21.3. The Balaban J connectivity index is 1.55. The Bertz CT molecular complexity index is 1150. The van der Waals surface area contributed by atoms with Gasteiger partial charge in [0.2, 0.25) is 5.91 Å². The van der Waals surface area contributed by atoms with Crippen LogP contribution in [-0.2, 0) is 17.9 Å². The summed E-state index contributed by atoms with van der Waals surface area (Å²) in [6, 6.07) is 20.0. The first kappa shape index (κ1) is 25.7. The van der Waals surface area contributed by atoms with Crippen molar-refractivity contribution in [1.29, 1.82) is 0 Å². The quantitative estimate of drug-likeness (QED) is 0.376. The van der Waals surface area contributed by atoms with Crippen LogP contribution in [0.2, 0.25) is 0 Å². The van der Waals surface area contributed by atoms with Crippen molar-refractivity contribution in [2.45, 2.75) is 71.1 Å². The van der Waals surface area contributed by atoms with Crippen LogP contribution in [0.1, 0.15) is 67.6 Å². The summed E-state index contributed by atoms with van der Waals surface area (Å²) in [6.07, 6.45) is 7.42. The molecule has 0 unspecified atom stereocenters. The van der Waals surface area contributed by atoms with Gasteiger partial charge in [-0.15, -0.1) is 0 Å². The van der Waals surface area contributed by atoms with E-state index in [-0.39, 0.29) is 36.0 Å². The molecule has 0 bridgehead atoms. The largest absolute Gasteiger partial charge is 0.345 e. The van der Waals surface area contributed by atoms with Gasteiger partial charge in [0.1, 0.15) is 12.4 Å². The number of halogens is 1. The van der Waals surface area contributed by atoms with Crippen LogP contribution in [0.3, 0.4) is 0 Å². The van der Waals surface area contributed by atoms with Crippen LogP contribution in [0.4, 0.5) is 4.39 Å². The maximum absolute atomic E-state index is 13.8. The molecule has 1 heterocycles. The molecule has 2 aromatic carbocycles. The topological polar surface area (TPSA) is 45.6 Å². The van der Waals surface area contributed by atoms with Crippen LogP contribution < -0.4 is 0 Å². The van der Waals surface area contributed by atoms with Crippen LogP contribution in [0.25, 0.3) is 0 Å². The van der Waals surface area contributed by atoms with Crippen LogP contribution >= 0.6 is 0 Å². The third-order valence-corrected chi connectivity index (χ3v) is 7.05. The fraction of sp³-hybridized carbons (Fsp3) is 0.400. The van der Waals surface area contributed by atoms with E-state index in [4.69, 9.17) is 0 Å². The molecule has 0 spiro atoms. The van der Waals surface area contributed by atoms with E-state index in [1.165, 1.54) is 30.2 Å². The summed E-state index contributed by atoms with van der Waals surface area (Å²) in [5.41, 5.74) is 2.54. The zero-order valence-corrected chi connectivity index (χ0v) is 21.3. The van der Waals surface area contributed by atoms with E-state index in [9.17, 15) is 14.0 Å². The second-order valence-electron chi connectivity index (χ2n) is 9.96. The molecule has 0 atom stereocenters. The fourth-order valence-corrected chi connectivity index (χ4v) is 5.03. The van der Waals surface area contributed by atoms with Gasteiger partial charge in [0, 0.05) is 36.1 Å². The summed E-state index contributed by atoms with van der Waals surface area (Å²) in [5.74, 6) is -0.847. The minimum atomic E-state index is -0.459. The lowest BCUT2D eigenvalue weighted by molar-refractivity contribution is -0.136. The van der Waals surface area contributed by atoms with Gasteiger partial charge in [-0.3, -0.25) is 9.59 Å². The molecular formula is C30H36FN3O2. The van der Waals surface area contributed by atoms with E-state index in [0.717, 1.165) is 37.9 Å². The highest BCUT2D eigenvalue weighted by Gasteiger charge is 2.30. The van der Waals surface area contributed by atoms with Gasteiger partial charge in [-0.25, -0.2) is 4.39 Å². The highest BCUT2D eigenvalue weighted by Crippen LogP contribution is 2.25. The molecule has 190 valence electrons. The van der Waals surface area contributed by atoms with Crippen LogP contribution in [0.15, 0.2) is 72.9 Å². The summed E-state index contributed by atoms with van der Waals surface area (Å²) in [4.78, 5) is 30.6. The molecule has 6 heteroatoms. The molecule has 36 heavy (non-hydrogen) atoms. The Morgan fingerprint density at radius 3 is 2.42 bits per heavy atom. The second-order valence-corrected chi connectivity index (χ2v) is 9.96. The third-order valence-electron chi connectivity index (χ3n) is 7.05. The van der Waals surface area contributed by atoms with E-state index < -0.39 is 5.82 Å². The van der Waals surface area contributed by atoms with Gasteiger partial charge in [-0.2, -0.15) is 0 Å². The number of aromatic nitrogens is 1. The monoisotopic (exact) mass is 489 g/mol. The lowest BCUT2D eigenvalue weighted by Crippen LogP contribution is -2.49. The minimum Gasteiger partial charge on any atom is -0.345 e. The molecule has 1 aliphatic carbocycles. The average Bonchev–Trinajstić information content (AvgIpc) is 3.32. The first-order valence-electron chi connectivity index (χ1n) is 13.0. The smallest absolute Gasteiger partial charge is 0.254 e. The second kappa shape index (κ2) is 12.0. The van der Waals surface area contributed by atoms with Crippen molar-refractivity contribution in [1.82, 2.24) is 14.4 Å². The molecular weight excluding hydrogens is 453 g/mol. The highest BCUT2D eigenvalue weighted by molar-refractivity contribution is 5.96. The van der Waals surface area contributed by atoms with Gasteiger partial charge in [-0.1, -0.05) is 55.7 Å². The fourth-order valence-electron chi connectivity index (χ4n) is 5.03. The third kappa shape index (κ3) is 6.42. The van der Waals surface area contributed by atoms with Crippen molar-refractivity contribution in [3.8, 4) is 0 Å². The van der Waals surface area contributed by atoms with Gasteiger partial charge in [0.15, 0.2) is 0 Å². The van der Waals surface area contributed by atoms with Crippen LogP contribution in [0.5, 0.6) is 0 Å². The van der Waals surface area contributed by atoms with E-state index in [0.29, 0.717) is 6.54 Å². The average molecular weight is 490 g/mol. The lowest BCUT2D eigenvalue weighted by Gasteiger charge is -2.37. The molecule has 5 nitrogen and oxygen atoms in total. The van der Waals surface area contributed by atoms with E-state index >= 15 is 0 Å². The number of hydrogen-bond acceptors (Lipinski definition) is 2. The molecule has 0 N–H and O–H groups in total. The molecule has 0 radical (unpaired) electrons. The minimum absolute atomic E-state index is 0.0249. The Hall–Kier alpha value is -3.41. The summed E-state index contributed by atoms with van der Waals surface area (Å²) in [5, 5.41) is 0. The van der Waals surface area contributed by atoms with Crippen molar-refractivity contribution in [3.05, 3.63) is 95.6 Å². The molecule has 1 fully saturated rings. The Morgan fingerprint density at radius 2 is 1.72 bits per heavy atom. The van der Waals surface area contributed by atoms with E-state index in [1.807, 2.05) is 43.0 Å². The number of rotatable bonds is 9. The normalized spacial score (nSPS) is 14.1. The molecule has 3 aromatic rings. The number of carbonyl (C=O) groups excluding carboxylic acids is 2. The number of carbonyl (C=O) groups is 2. The summed E-state index contributed by atoms with van der Waals surface area (Å²) < 4.78 is 16.0. The number of amides is 2. The van der Waals surface area contributed by atoms with Crippen molar-refractivity contribution in [3.63, 3.8) is 0 Å². The molecule has 1 aliphatic rings. The van der Waals surface area contributed by atoms with Gasteiger partial charge in [0.05, 0.1) is 6.54 Å². The van der Waals surface area contributed by atoms with Crippen molar-refractivity contribution in [2.75, 3.05) is 6.54 Å². The summed E-state index contributed by atoms with van der Waals surface area (Å²) in [6.45, 7) is 5.00. The maximum atomic E-state index is 13.8. The summed E-state index contributed by atoms with van der Waals surface area (Å²) in [7, 11) is 0. The lowest BCUT2D eigenvalue weighted by atomic mass is 9.94. The predicted octanol–water partition coefficient (Wildman–Crippen LogP) is 5.89. The molecule has 1 saturated carbocycles. The van der Waals surface area contributed by atoms with Gasteiger partial charge < -0.3 is 14.4 Å². The first-order valence-corrected chi connectivity index (χ1v) is 13.0. The molecule has 0 saturated heterocycles. The summed E-state index contributed by atoms with van der Waals surface area (Å²) >= 11 is 0. The number of hydrogen-bond donors (Lipinski definition) is 0. The van der Waals surface area contributed by atoms with E-state index in [2.05, 4.69) is 29.0 Å². The first-order chi connectivity index (χ1) is 17.4. The van der Waals surface area contributed by atoms with E-state index in [1.54, 1.807) is 11.0 Å². The maximum Gasteiger partial charge on any atom is 0.254 e. The molecule has 2 amide bonds. The standard InChI is InChI=1S/C30H36FN3O2/c1-23(2)33(30(36)25-13-9-14-26(31)19-25)22-29(35)34(27-15-7-4-8-16-27)21-28-17-10-18-32(28)20-24-11-5-3-6-12-24/h3,5-6,9-14,17-19,23,27H,4,7-8,15-16,20-22H2,1-2H3. The molecule has 0 aliphatic heterocycles. The van der Waals surface area contributed by atoms with Gasteiger partial charge in [-0.05, 0) is 62.6 Å². The number of benzene rings is 2. The van der Waals surface area contributed by atoms with Crippen molar-refractivity contribution >= 4 is 11.8 Å². The Kier molecular flexibility index (Phi) is 8.57. The van der Waals surface area contributed by atoms with Crippen LogP contribution in [0, 0.1) is 5.82 Å². The van der Waals surface area contributed by atoms with Crippen LogP contribution in [-0.4, -0.2) is 44.8 Å². The molecule has 1 aromatic heterocycles.